The number of oxazole rings is 1. The van der Waals surface area contributed by atoms with Crippen LogP contribution in [0.3, 0.4) is 0 Å². The smallest absolute Gasteiger partial charge is 0.241 e. The third-order valence-electron chi connectivity index (χ3n) is 2.36. The van der Waals surface area contributed by atoms with Gasteiger partial charge in [0.15, 0.2) is 0 Å². The number of halogens is 1. The monoisotopic (exact) mass is 301 g/mol. The van der Waals surface area contributed by atoms with Crippen LogP contribution in [-0.4, -0.2) is 13.4 Å². The summed E-state index contributed by atoms with van der Waals surface area (Å²) in [5.41, 5.74) is 5.78. The molecule has 1 aromatic heterocycles. The molecule has 8 heteroatoms. The van der Waals surface area contributed by atoms with E-state index in [-0.39, 0.29) is 17.1 Å². The van der Waals surface area contributed by atoms with Gasteiger partial charge in [-0.3, -0.25) is 0 Å². The quantitative estimate of drug-likeness (QED) is 0.837. The Bertz CT molecular complexity index is 697. The highest BCUT2D eigenvalue weighted by molar-refractivity contribution is 7.89. The van der Waals surface area contributed by atoms with Gasteiger partial charge in [-0.15, -0.1) is 0 Å². The van der Waals surface area contributed by atoms with Crippen molar-refractivity contribution in [1.29, 1.82) is 0 Å². The Morgan fingerprint density at radius 1 is 1.47 bits per heavy atom. The largest absolute Gasteiger partial charge is 0.445 e. The molecule has 0 atom stereocenters. The first kappa shape index (κ1) is 13.9. The molecule has 19 heavy (non-hydrogen) atoms. The Kier molecular flexibility index (Phi) is 3.79. The van der Waals surface area contributed by atoms with E-state index in [0.29, 0.717) is 16.7 Å². The maximum Gasteiger partial charge on any atom is 0.241 e. The van der Waals surface area contributed by atoms with Crippen LogP contribution >= 0.6 is 11.6 Å². The molecule has 1 heterocycles. The van der Waals surface area contributed by atoms with E-state index in [1.807, 2.05) is 0 Å². The lowest BCUT2D eigenvalue weighted by molar-refractivity contribution is 0.463. The van der Waals surface area contributed by atoms with Gasteiger partial charge < -0.3 is 10.2 Å². The number of benzene rings is 1. The number of nitrogens with one attached hydrogen (secondary N) is 1. The summed E-state index contributed by atoms with van der Waals surface area (Å²) >= 11 is 5.74. The first-order chi connectivity index (χ1) is 8.88. The molecule has 1 aromatic carbocycles. The SMILES string of the molecule is Cc1cnc(CNS(=O)(=O)c2ccc(Cl)c(N)c2)o1. The van der Waals surface area contributed by atoms with Crippen LogP contribution in [-0.2, 0) is 16.6 Å². The van der Waals surface area contributed by atoms with E-state index in [1.165, 1.54) is 24.4 Å². The summed E-state index contributed by atoms with van der Waals surface area (Å²) < 4.78 is 31.5. The van der Waals surface area contributed by atoms with E-state index in [9.17, 15) is 8.42 Å². The summed E-state index contributed by atoms with van der Waals surface area (Å²) in [6.07, 6.45) is 1.52. The average molecular weight is 302 g/mol. The summed E-state index contributed by atoms with van der Waals surface area (Å²) in [7, 11) is -3.68. The molecular weight excluding hydrogens is 290 g/mol. The molecule has 0 bridgehead atoms. The molecule has 0 saturated carbocycles. The predicted molar refractivity (Wildman–Crippen MR) is 71.1 cm³/mol. The number of hydrogen-bond acceptors (Lipinski definition) is 5. The second-order valence-corrected chi connectivity index (χ2v) is 6.05. The van der Waals surface area contributed by atoms with Gasteiger partial charge in [0.2, 0.25) is 15.9 Å². The van der Waals surface area contributed by atoms with Crippen LogP contribution in [0.25, 0.3) is 0 Å². The van der Waals surface area contributed by atoms with Crippen molar-refractivity contribution in [3.63, 3.8) is 0 Å². The van der Waals surface area contributed by atoms with Gasteiger partial charge in [-0.25, -0.2) is 18.1 Å². The van der Waals surface area contributed by atoms with Crippen LogP contribution < -0.4 is 10.5 Å². The number of rotatable bonds is 4. The molecule has 102 valence electrons. The van der Waals surface area contributed by atoms with Gasteiger partial charge in [-0.05, 0) is 25.1 Å². The van der Waals surface area contributed by atoms with E-state index in [0.717, 1.165) is 0 Å². The number of aryl methyl sites for hydroxylation is 1. The van der Waals surface area contributed by atoms with Crippen molar-refractivity contribution in [3.05, 3.63) is 41.1 Å². The lowest BCUT2D eigenvalue weighted by Crippen LogP contribution is -2.23. The average Bonchev–Trinajstić information content (AvgIpc) is 2.76. The van der Waals surface area contributed by atoms with E-state index in [2.05, 4.69) is 9.71 Å². The van der Waals surface area contributed by atoms with Crippen molar-refractivity contribution in [2.75, 3.05) is 5.73 Å². The van der Waals surface area contributed by atoms with Crippen LogP contribution in [0.4, 0.5) is 5.69 Å². The molecule has 2 aromatic rings. The summed E-state index contributed by atoms with van der Waals surface area (Å²) in [6, 6.07) is 4.11. The first-order valence-corrected chi connectivity index (χ1v) is 7.20. The zero-order valence-corrected chi connectivity index (χ0v) is 11.6. The molecular formula is C11H12ClN3O3S. The van der Waals surface area contributed by atoms with Gasteiger partial charge in [0.1, 0.15) is 5.76 Å². The summed E-state index contributed by atoms with van der Waals surface area (Å²) in [6.45, 7) is 1.70. The highest BCUT2D eigenvalue weighted by Crippen LogP contribution is 2.22. The minimum Gasteiger partial charge on any atom is -0.445 e. The Morgan fingerprint density at radius 2 is 2.21 bits per heavy atom. The number of aromatic nitrogens is 1. The molecule has 0 saturated heterocycles. The van der Waals surface area contributed by atoms with Crippen LogP contribution in [0.15, 0.2) is 33.7 Å². The standard InChI is InChI=1S/C11H12ClN3O3S/c1-7-5-14-11(18-7)6-15-19(16,17)8-2-3-9(12)10(13)4-8/h2-5,15H,6,13H2,1H3. The molecule has 0 aliphatic rings. The van der Waals surface area contributed by atoms with Crippen molar-refractivity contribution in [3.8, 4) is 0 Å². The molecule has 6 nitrogen and oxygen atoms in total. The fourth-order valence-corrected chi connectivity index (χ4v) is 2.54. The molecule has 0 radical (unpaired) electrons. The highest BCUT2D eigenvalue weighted by Gasteiger charge is 2.16. The zero-order chi connectivity index (χ0) is 14.0. The van der Waals surface area contributed by atoms with Gasteiger partial charge in [-0.2, -0.15) is 0 Å². The lowest BCUT2D eigenvalue weighted by atomic mass is 10.3. The predicted octanol–water partition coefficient (Wildman–Crippen LogP) is 1.70. The molecule has 0 unspecified atom stereocenters. The summed E-state index contributed by atoms with van der Waals surface area (Å²) in [5, 5.41) is 0.308. The van der Waals surface area contributed by atoms with Crippen molar-refractivity contribution in [1.82, 2.24) is 9.71 Å². The summed E-state index contributed by atoms with van der Waals surface area (Å²) in [5.74, 6) is 0.910. The fourth-order valence-electron chi connectivity index (χ4n) is 1.41. The number of nitrogens with two attached hydrogens (primary N) is 1. The molecule has 0 fully saturated rings. The Labute approximate surface area is 115 Å². The summed E-state index contributed by atoms with van der Waals surface area (Å²) in [4.78, 5) is 3.94. The number of anilines is 1. The molecule has 0 aliphatic carbocycles. The number of hydrogen-bond donors (Lipinski definition) is 2. The van der Waals surface area contributed by atoms with Gasteiger partial charge in [0, 0.05) is 0 Å². The fraction of sp³-hybridized carbons (Fsp3) is 0.182. The lowest BCUT2D eigenvalue weighted by Gasteiger charge is -2.06. The minimum atomic E-state index is -3.68. The third kappa shape index (κ3) is 3.25. The van der Waals surface area contributed by atoms with Gasteiger partial charge in [0.25, 0.3) is 0 Å². The van der Waals surface area contributed by atoms with E-state index in [1.54, 1.807) is 6.92 Å². The van der Waals surface area contributed by atoms with Gasteiger partial charge >= 0.3 is 0 Å². The maximum atomic E-state index is 12.0. The van der Waals surface area contributed by atoms with E-state index < -0.39 is 10.0 Å². The van der Waals surface area contributed by atoms with Crippen molar-refractivity contribution in [2.24, 2.45) is 0 Å². The number of nitrogen functional groups attached to an aromatic ring is 1. The minimum absolute atomic E-state index is 0.0291. The molecule has 2 rings (SSSR count). The van der Waals surface area contributed by atoms with Gasteiger partial charge in [0.05, 0.1) is 28.3 Å². The highest BCUT2D eigenvalue weighted by atomic mass is 35.5. The zero-order valence-electron chi connectivity index (χ0n) is 10.1. The third-order valence-corrected chi connectivity index (χ3v) is 4.10. The molecule has 0 aliphatic heterocycles. The van der Waals surface area contributed by atoms with Gasteiger partial charge in [-0.1, -0.05) is 11.6 Å². The second-order valence-electron chi connectivity index (χ2n) is 3.87. The van der Waals surface area contributed by atoms with E-state index >= 15 is 0 Å². The van der Waals surface area contributed by atoms with Crippen molar-refractivity contribution < 1.29 is 12.8 Å². The second kappa shape index (κ2) is 5.20. The maximum absolute atomic E-state index is 12.0. The van der Waals surface area contributed by atoms with Crippen molar-refractivity contribution >= 4 is 27.3 Å². The molecule has 0 amide bonds. The van der Waals surface area contributed by atoms with Crippen LogP contribution in [0, 0.1) is 6.92 Å². The van der Waals surface area contributed by atoms with Crippen molar-refractivity contribution in [2.45, 2.75) is 18.4 Å². The number of nitrogens with zero attached hydrogens (tertiary/aromatic N) is 1. The topological polar surface area (TPSA) is 98.2 Å². The van der Waals surface area contributed by atoms with Crippen LogP contribution in [0.1, 0.15) is 11.7 Å². The Balaban J connectivity index is 2.16. The molecule has 3 N–H and O–H groups in total. The normalized spacial score (nSPS) is 11.7. The number of sulfonamides is 1. The van der Waals surface area contributed by atoms with E-state index in [4.69, 9.17) is 21.8 Å². The first-order valence-electron chi connectivity index (χ1n) is 5.34. The Morgan fingerprint density at radius 3 is 2.79 bits per heavy atom. The van der Waals surface area contributed by atoms with Crippen LogP contribution in [0.2, 0.25) is 5.02 Å². The Hall–Kier alpha value is -1.57. The molecule has 0 spiro atoms. The van der Waals surface area contributed by atoms with Crippen LogP contribution in [0.5, 0.6) is 0 Å².